The molecule has 9 heteroatoms. The Morgan fingerprint density at radius 1 is 1.28 bits per heavy atom. The van der Waals surface area contributed by atoms with Crippen molar-refractivity contribution < 1.29 is 18.7 Å². The van der Waals surface area contributed by atoms with Crippen LogP contribution in [0, 0.1) is 5.95 Å². The number of pyridine rings is 1. The number of ether oxygens (including phenoxy) is 2. The molecule has 1 saturated heterocycles. The third kappa shape index (κ3) is 6.74. The fourth-order valence-electron chi connectivity index (χ4n) is 3.51. The van der Waals surface area contributed by atoms with E-state index < -0.39 is 11.5 Å². The van der Waals surface area contributed by atoms with Gasteiger partial charge in [0.1, 0.15) is 11.8 Å². The molecular weight excluding hydrogens is 413 g/mol. The maximum atomic E-state index is 13.3. The Morgan fingerprint density at radius 3 is 2.69 bits per heavy atom. The predicted octanol–water partition coefficient (Wildman–Crippen LogP) is 4.08. The van der Waals surface area contributed by atoms with Crippen LogP contribution in [-0.4, -0.2) is 70.1 Å². The number of halogens is 1. The second-order valence-corrected chi connectivity index (χ2v) is 9.31. The van der Waals surface area contributed by atoms with Gasteiger partial charge in [-0.1, -0.05) is 0 Å². The molecule has 1 aliphatic rings. The van der Waals surface area contributed by atoms with E-state index in [2.05, 4.69) is 9.88 Å². The van der Waals surface area contributed by atoms with Crippen LogP contribution in [-0.2, 0) is 16.0 Å². The van der Waals surface area contributed by atoms with E-state index in [0.717, 1.165) is 42.7 Å². The molecule has 176 valence electrons. The molecule has 2 aromatic rings. The van der Waals surface area contributed by atoms with Crippen molar-refractivity contribution >= 4 is 6.09 Å². The van der Waals surface area contributed by atoms with Gasteiger partial charge >= 0.3 is 6.09 Å². The molecule has 0 aliphatic carbocycles. The van der Waals surface area contributed by atoms with Crippen molar-refractivity contribution in [2.24, 2.45) is 0 Å². The standard InChI is InChI=1S/C23H34FN5O3/c1-23(2,3)32-22(30)28(5)12-11-27(4)15-18-16-29(20-8-6-7-13-31-20)26-21(18)17-9-10-19(24)25-14-17/h9-10,14,16,20H,6-8,11-13,15H2,1-5H3. The number of amides is 1. The van der Waals surface area contributed by atoms with Gasteiger partial charge in [-0.2, -0.15) is 9.49 Å². The summed E-state index contributed by atoms with van der Waals surface area (Å²) >= 11 is 0. The molecule has 3 heterocycles. The molecule has 0 saturated carbocycles. The summed E-state index contributed by atoms with van der Waals surface area (Å²) in [5.41, 5.74) is 2.00. The first-order valence-electron chi connectivity index (χ1n) is 11.1. The van der Waals surface area contributed by atoms with E-state index in [-0.39, 0.29) is 12.3 Å². The molecule has 1 unspecified atom stereocenters. The fraction of sp³-hybridized carbons (Fsp3) is 0.609. The summed E-state index contributed by atoms with van der Waals surface area (Å²) in [5.74, 6) is -0.521. The summed E-state index contributed by atoms with van der Waals surface area (Å²) in [6, 6.07) is 3.03. The highest BCUT2D eigenvalue weighted by molar-refractivity contribution is 5.67. The molecule has 3 rings (SSSR count). The Labute approximate surface area is 189 Å². The Bertz CT molecular complexity index is 888. The third-order valence-electron chi connectivity index (χ3n) is 5.22. The molecule has 0 aromatic carbocycles. The zero-order valence-corrected chi connectivity index (χ0v) is 19.7. The number of carbonyl (C=O) groups excluding carboxylic acids is 1. The van der Waals surface area contributed by atoms with Crippen LogP contribution in [0.1, 0.15) is 51.8 Å². The average Bonchev–Trinajstić information content (AvgIpc) is 3.15. The smallest absolute Gasteiger partial charge is 0.410 e. The number of nitrogens with zero attached hydrogens (tertiary/aromatic N) is 5. The van der Waals surface area contributed by atoms with E-state index in [4.69, 9.17) is 14.6 Å². The van der Waals surface area contributed by atoms with Crippen LogP contribution >= 0.6 is 0 Å². The van der Waals surface area contributed by atoms with Gasteiger partial charge in [0.2, 0.25) is 5.95 Å². The molecule has 0 N–H and O–H groups in total. The van der Waals surface area contributed by atoms with E-state index in [1.807, 2.05) is 38.7 Å². The van der Waals surface area contributed by atoms with Crippen molar-refractivity contribution in [3.8, 4) is 11.3 Å². The zero-order chi connectivity index (χ0) is 23.3. The fourth-order valence-corrected chi connectivity index (χ4v) is 3.51. The van der Waals surface area contributed by atoms with Gasteiger partial charge < -0.3 is 19.3 Å². The number of rotatable bonds is 7. The van der Waals surface area contributed by atoms with Gasteiger partial charge in [0, 0.05) is 56.8 Å². The number of likely N-dealkylation sites (N-methyl/N-ethyl adjacent to an activating group) is 2. The molecule has 0 spiro atoms. The number of aromatic nitrogens is 3. The third-order valence-corrected chi connectivity index (χ3v) is 5.22. The highest BCUT2D eigenvalue weighted by Gasteiger charge is 2.22. The Kier molecular flexibility index (Phi) is 7.84. The maximum absolute atomic E-state index is 13.3. The van der Waals surface area contributed by atoms with E-state index in [0.29, 0.717) is 19.6 Å². The number of hydrogen-bond acceptors (Lipinski definition) is 6. The lowest BCUT2D eigenvalue weighted by molar-refractivity contribution is -0.0394. The van der Waals surface area contributed by atoms with Crippen molar-refractivity contribution in [1.29, 1.82) is 0 Å². The van der Waals surface area contributed by atoms with Crippen LogP contribution in [0.2, 0.25) is 0 Å². The van der Waals surface area contributed by atoms with E-state index >= 15 is 0 Å². The minimum Gasteiger partial charge on any atom is -0.444 e. The lowest BCUT2D eigenvalue weighted by Crippen LogP contribution is -2.38. The summed E-state index contributed by atoms with van der Waals surface area (Å²) in [6.45, 7) is 8.08. The van der Waals surface area contributed by atoms with Gasteiger partial charge in [-0.05, 0) is 59.2 Å². The summed E-state index contributed by atoms with van der Waals surface area (Å²) in [5, 5.41) is 4.77. The summed E-state index contributed by atoms with van der Waals surface area (Å²) in [6.07, 6.45) is 6.15. The second kappa shape index (κ2) is 10.4. The predicted molar refractivity (Wildman–Crippen MR) is 119 cm³/mol. The molecule has 1 aliphatic heterocycles. The van der Waals surface area contributed by atoms with Gasteiger partial charge in [-0.15, -0.1) is 0 Å². The molecule has 1 fully saturated rings. The first-order valence-corrected chi connectivity index (χ1v) is 11.1. The molecule has 0 bridgehead atoms. The van der Waals surface area contributed by atoms with Crippen molar-refractivity contribution in [2.75, 3.05) is 33.8 Å². The molecule has 0 radical (unpaired) electrons. The van der Waals surface area contributed by atoms with Gasteiger partial charge in [0.25, 0.3) is 0 Å². The Balaban J connectivity index is 1.70. The monoisotopic (exact) mass is 447 g/mol. The summed E-state index contributed by atoms with van der Waals surface area (Å²) < 4.78 is 26.5. The molecular formula is C23H34FN5O3. The Morgan fingerprint density at radius 2 is 2.06 bits per heavy atom. The Hall–Kier alpha value is -2.52. The van der Waals surface area contributed by atoms with Gasteiger partial charge in [-0.25, -0.2) is 14.5 Å². The summed E-state index contributed by atoms with van der Waals surface area (Å²) in [7, 11) is 3.72. The van der Waals surface area contributed by atoms with Crippen LogP contribution in [0.25, 0.3) is 11.3 Å². The second-order valence-electron chi connectivity index (χ2n) is 9.31. The average molecular weight is 448 g/mol. The van der Waals surface area contributed by atoms with Crippen molar-refractivity contribution in [2.45, 2.75) is 58.4 Å². The number of hydrogen-bond donors (Lipinski definition) is 0. The van der Waals surface area contributed by atoms with Crippen molar-refractivity contribution in [3.05, 3.63) is 36.0 Å². The minimum atomic E-state index is -0.523. The molecule has 1 amide bonds. The minimum absolute atomic E-state index is 0.0896. The zero-order valence-electron chi connectivity index (χ0n) is 19.7. The van der Waals surface area contributed by atoms with E-state index in [1.54, 1.807) is 18.0 Å². The molecule has 32 heavy (non-hydrogen) atoms. The van der Waals surface area contributed by atoms with Crippen molar-refractivity contribution in [1.82, 2.24) is 24.6 Å². The first kappa shape index (κ1) is 24.1. The van der Waals surface area contributed by atoms with Crippen LogP contribution < -0.4 is 0 Å². The molecule has 1 atom stereocenters. The number of carbonyl (C=O) groups is 1. The van der Waals surface area contributed by atoms with Crippen LogP contribution in [0.3, 0.4) is 0 Å². The van der Waals surface area contributed by atoms with Crippen LogP contribution in [0.5, 0.6) is 0 Å². The van der Waals surface area contributed by atoms with Gasteiger partial charge in [0.15, 0.2) is 0 Å². The highest BCUT2D eigenvalue weighted by atomic mass is 19.1. The first-order chi connectivity index (χ1) is 15.1. The van der Waals surface area contributed by atoms with Gasteiger partial charge in [-0.3, -0.25) is 0 Å². The van der Waals surface area contributed by atoms with E-state index in [1.165, 1.54) is 12.3 Å². The topological polar surface area (TPSA) is 72.7 Å². The highest BCUT2D eigenvalue weighted by Crippen LogP contribution is 2.28. The molecule has 8 nitrogen and oxygen atoms in total. The lowest BCUT2D eigenvalue weighted by atomic mass is 10.1. The van der Waals surface area contributed by atoms with Crippen LogP contribution in [0.15, 0.2) is 24.5 Å². The van der Waals surface area contributed by atoms with Gasteiger partial charge in [0.05, 0.1) is 5.69 Å². The van der Waals surface area contributed by atoms with Crippen LogP contribution in [0.4, 0.5) is 9.18 Å². The summed E-state index contributed by atoms with van der Waals surface area (Å²) in [4.78, 5) is 19.7. The molecule has 2 aromatic heterocycles. The quantitative estimate of drug-likeness (QED) is 0.596. The normalized spacial score (nSPS) is 16.9. The maximum Gasteiger partial charge on any atom is 0.410 e. The largest absolute Gasteiger partial charge is 0.444 e. The van der Waals surface area contributed by atoms with Crippen molar-refractivity contribution in [3.63, 3.8) is 0 Å². The van der Waals surface area contributed by atoms with E-state index in [9.17, 15) is 9.18 Å². The lowest BCUT2D eigenvalue weighted by Gasteiger charge is -2.26. The SMILES string of the molecule is CN(CCN(C)C(=O)OC(C)(C)C)Cc1cn(C2CCCCO2)nc1-c1ccc(F)nc1.